The van der Waals surface area contributed by atoms with Crippen LogP contribution in [0.25, 0.3) is 0 Å². The standard InChI is InChI=1S/C18H26N2O4/c1-14(17(21)20(2)24-4)9-8-12-19-16(18(22)23-3)13-15-10-6-5-7-11-15/h5-11,14,16,19H,12-13H2,1-4H3/b9-8+/t14-,16+/m0/s1. The van der Waals surface area contributed by atoms with Gasteiger partial charge in [0.2, 0.25) is 0 Å². The summed E-state index contributed by atoms with van der Waals surface area (Å²) in [6, 6.07) is 9.30. The Kier molecular flexibility index (Phi) is 8.75. The van der Waals surface area contributed by atoms with E-state index in [4.69, 9.17) is 9.57 Å². The first kappa shape index (κ1) is 19.9. The van der Waals surface area contributed by atoms with Crippen molar-refractivity contribution in [3.63, 3.8) is 0 Å². The van der Waals surface area contributed by atoms with Gasteiger partial charge in [-0.2, -0.15) is 0 Å². The molecular formula is C18H26N2O4. The number of rotatable bonds is 9. The number of carbonyl (C=O) groups is 2. The number of hydrogen-bond donors (Lipinski definition) is 1. The predicted molar refractivity (Wildman–Crippen MR) is 92.0 cm³/mol. The highest BCUT2D eigenvalue weighted by molar-refractivity contribution is 5.79. The minimum Gasteiger partial charge on any atom is -0.468 e. The Balaban J connectivity index is 2.55. The van der Waals surface area contributed by atoms with Crippen molar-refractivity contribution in [1.82, 2.24) is 10.4 Å². The number of nitrogens with zero attached hydrogens (tertiary/aromatic N) is 1. The molecule has 24 heavy (non-hydrogen) atoms. The molecule has 1 N–H and O–H groups in total. The van der Waals surface area contributed by atoms with Gasteiger partial charge < -0.3 is 10.1 Å². The van der Waals surface area contributed by atoms with Gasteiger partial charge in [-0.25, -0.2) is 5.06 Å². The maximum absolute atomic E-state index is 11.9. The predicted octanol–water partition coefficient (Wildman–Crippen LogP) is 1.57. The Hall–Kier alpha value is -2.18. The van der Waals surface area contributed by atoms with Crippen LogP contribution < -0.4 is 5.32 Å². The molecule has 0 spiro atoms. The van der Waals surface area contributed by atoms with Crippen LogP contribution in [0.15, 0.2) is 42.5 Å². The molecule has 6 nitrogen and oxygen atoms in total. The zero-order chi connectivity index (χ0) is 17.9. The van der Waals surface area contributed by atoms with E-state index < -0.39 is 6.04 Å². The summed E-state index contributed by atoms with van der Waals surface area (Å²) in [4.78, 5) is 28.6. The van der Waals surface area contributed by atoms with E-state index in [1.165, 1.54) is 19.3 Å². The summed E-state index contributed by atoms with van der Waals surface area (Å²) in [5, 5.41) is 4.33. The van der Waals surface area contributed by atoms with Crippen molar-refractivity contribution in [2.45, 2.75) is 19.4 Å². The van der Waals surface area contributed by atoms with Gasteiger partial charge in [-0.15, -0.1) is 0 Å². The number of amides is 1. The van der Waals surface area contributed by atoms with Gasteiger partial charge in [-0.05, 0) is 12.0 Å². The first-order valence-corrected chi connectivity index (χ1v) is 7.83. The number of benzene rings is 1. The van der Waals surface area contributed by atoms with Gasteiger partial charge in [0.15, 0.2) is 0 Å². The fourth-order valence-corrected chi connectivity index (χ4v) is 2.17. The zero-order valence-electron chi connectivity index (χ0n) is 14.7. The van der Waals surface area contributed by atoms with Crippen LogP contribution in [0.5, 0.6) is 0 Å². The van der Waals surface area contributed by atoms with Crippen LogP contribution in [0.1, 0.15) is 12.5 Å². The van der Waals surface area contributed by atoms with Crippen molar-refractivity contribution in [2.75, 3.05) is 27.8 Å². The molecule has 1 aromatic rings. The van der Waals surface area contributed by atoms with E-state index in [0.29, 0.717) is 13.0 Å². The number of hydrogen-bond acceptors (Lipinski definition) is 5. The van der Waals surface area contributed by atoms with E-state index in [1.807, 2.05) is 36.4 Å². The molecule has 0 bridgehead atoms. The lowest BCUT2D eigenvalue weighted by molar-refractivity contribution is -0.171. The Morgan fingerprint density at radius 3 is 2.50 bits per heavy atom. The van der Waals surface area contributed by atoms with Crippen molar-refractivity contribution in [1.29, 1.82) is 0 Å². The quantitative estimate of drug-likeness (QED) is 0.422. The van der Waals surface area contributed by atoms with Gasteiger partial charge in [-0.3, -0.25) is 14.4 Å². The van der Waals surface area contributed by atoms with Crippen molar-refractivity contribution in [3.05, 3.63) is 48.0 Å². The lowest BCUT2D eigenvalue weighted by atomic mass is 10.1. The van der Waals surface area contributed by atoms with E-state index in [1.54, 1.807) is 20.0 Å². The molecule has 0 aromatic heterocycles. The molecule has 0 aliphatic carbocycles. The lowest BCUT2D eigenvalue weighted by Crippen LogP contribution is -2.39. The topological polar surface area (TPSA) is 67.9 Å². The monoisotopic (exact) mass is 334 g/mol. The molecule has 0 aliphatic rings. The second-order valence-electron chi connectivity index (χ2n) is 5.41. The first-order chi connectivity index (χ1) is 11.5. The Morgan fingerprint density at radius 1 is 1.25 bits per heavy atom. The molecule has 0 aliphatic heterocycles. The van der Waals surface area contributed by atoms with Gasteiger partial charge in [-0.1, -0.05) is 49.4 Å². The fourth-order valence-electron chi connectivity index (χ4n) is 2.17. The summed E-state index contributed by atoms with van der Waals surface area (Å²) in [5.41, 5.74) is 1.05. The highest BCUT2D eigenvalue weighted by atomic mass is 16.7. The number of methoxy groups -OCH3 is 1. The fraction of sp³-hybridized carbons (Fsp3) is 0.444. The Morgan fingerprint density at radius 2 is 1.92 bits per heavy atom. The number of ether oxygens (including phenoxy) is 1. The normalized spacial score (nSPS) is 13.5. The van der Waals surface area contributed by atoms with Gasteiger partial charge >= 0.3 is 5.97 Å². The molecule has 132 valence electrons. The van der Waals surface area contributed by atoms with Crippen LogP contribution in [0, 0.1) is 5.92 Å². The van der Waals surface area contributed by atoms with E-state index in [9.17, 15) is 9.59 Å². The van der Waals surface area contributed by atoms with Crippen molar-refractivity contribution in [2.24, 2.45) is 5.92 Å². The third-order valence-corrected chi connectivity index (χ3v) is 3.65. The summed E-state index contributed by atoms with van der Waals surface area (Å²) in [5.74, 6) is -0.750. The zero-order valence-corrected chi connectivity index (χ0v) is 14.7. The summed E-state index contributed by atoms with van der Waals surface area (Å²) in [6.45, 7) is 2.25. The molecular weight excluding hydrogens is 308 g/mol. The molecule has 0 unspecified atom stereocenters. The van der Waals surface area contributed by atoms with Gasteiger partial charge in [0.25, 0.3) is 5.91 Å². The SMILES string of the molecule is COC(=O)[C@@H](Cc1ccccc1)NC/C=C/[C@H](C)C(=O)N(C)OC. The number of esters is 1. The first-order valence-electron chi connectivity index (χ1n) is 7.83. The average Bonchev–Trinajstić information content (AvgIpc) is 2.62. The van der Waals surface area contributed by atoms with Crippen LogP contribution in [0.4, 0.5) is 0 Å². The van der Waals surface area contributed by atoms with Crippen LogP contribution in [-0.4, -0.2) is 50.8 Å². The van der Waals surface area contributed by atoms with Crippen LogP contribution >= 0.6 is 0 Å². The smallest absolute Gasteiger partial charge is 0.323 e. The highest BCUT2D eigenvalue weighted by Crippen LogP contribution is 2.05. The molecule has 0 heterocycles. The second kappa shape index (κ2) is 10.6. The van der Waals surface area contributed by atoms with Crippen molar-refractivity contribution in [3.8, 4) is 0 Å². The molecule has 0 saturated carbocycles. The lowest BCUT2D eigenvalue weighted by Gasteiger charge is -2.17. The van der Waals surface area contributed by atoms with E-state index in [0.717, 1.165) is 5.56 Å². The van der Waals surface area contributed by atoms with Crippen molar-refractivity contribution < 1.29 is 19.2 Å². The van der Waals surface area contributed by atoms with Crippen LogP contribution in [-0.2, 0) is 25.6 Å². The molecule has 6 heteroatoms. The summed E-state index contributed by atoms with van der Waals surface area (Å²) >= 11 is 0. The average molecular weight is 334 g/mol. The van der Waals surface area contributed by atoms with Crippen molar-refractivity contribution >= 4 is 11.9 Å². The van der Waals surface area contributed by atoms with Gasteiger partial charge in [0.1, 0.15) is 6.04 Å². The Labute approximate surface area is 143 Å². The summed E-state index contributed by atoms with van der Waals surface area (Å²) in [7, 11) is 4.39. The highest BCUT2D eigenvalue weighted by Gasteiger charge is 2.18. The van der Waals surface area contributed by atoms with E-state index in [-0.39, 0.29) is 17.8 Å². The number of nitrogens with one attached hydrogen (secondary N) is 1. The van der Waals surface area contributed by atoms with Crippen LogP contribution in [0.2, 0.25) is 0 Å². The minimum absolute atomic E-state index is 0.137. The van der Waals surface area contributed by atoms with E-state index >= 15 is 0 Å². The number of hydroxylamine groups is 2. The molecule has 2 atom stereocenters. The largest absolute Gasteiger partial charge is 0.468 e. The third kappa shape index (κ3) is 6.52. The molecule has 1 aromatic carbocycles. The molecule has 0 radical (unpaired) electrons. The van der Waals surface area contributed by atoms with Gasteiger partial charge in [0.05, 0.1) is 20.1 Å². The molecule has 0 fully saturated rings. The van der Waals surface area contributed by atoms with Crippen LogP contribution in [0.3, 0.4) is 0 Å². The molecule has 0 saturated heterocycles. The van der Waals surface area contributed by atoms with E-state index in [2.05, 4.69) is 5.32 Å². The third-order valence-electron chi connectivity index (χ3n) is 3.65. The maximum Gasteiger partial charge on any atom is 0.323 e. The maximum atomic E-state index is 11.9. The molecule has 1 rings (SSSR count). The minimum atomic E-state index is -0.435. The summed E-state index contributed by atoms with van der Waals surface area (Å²) < 4.78 is 4.84. The second-order valence-corrected chi connectivity index (χ2v) is 5.41. The summed E-state index contributed by atoms with van der Waals surface area (Å²) in [6.07, 6.45) is 4.15. The number of carbonyl (C=O) groups excluding carboxylic acids is 2. The molecule has 1 amide bonds. The Bertz CT molecular complexity index is 545. The van der Waals surface area contributed by atoms with Gasteiger partial charge in [0, 0.05) is 13.6 Å².